The van der Waals surface area contributed by atoms with Crippen LogP contribution in [0.5, 0.6) is 0 Å². The number of thioether (sulfide) groups is 1. The highest BCUT2D eigenvalue weighted by Crippen LogP contribution is 2.36. The van der Waals surface area contributed by atoms with Gasteiger partial charge in [-0.05, 0) is 42.9 Å². The van der Waals surface area contributed by atoms with Gasteiger partial charge in [0, 0.05) is 17.1 Å². The Balaban J connectivity index is 1.84. The summed E-state index contributed by atoms with van der Waals surface area (Å²) in [5.41, 5.74) is 1.21. The van der Waals surface area contributed by atoms with Gasteiger partial charge in [-0.3, -0.25) is 9.36 Å². The summed E-state index contributed by atoms with van der Waals surface area (Å²) in [6.45, 7) is 2.63. The van der Waals surface area contributed by atoms with Crippen molar-refractivity contribution in [3.8, 4) is 6.07 Å². The molecule has 1 atom stereocenters. The number of hydrogen-bond acceptors (Lipinski definition) is 6. The second kappa shape index (κ2) is 7.29. The number of aryl methyl sites for hydroxylation is 1. The van der Waals surface area contributed by atoms with Gasteiger partial charge in [0.2, 0.25) is 0 Å². The fourth-order valence-electron chi connectivity index (χ4n) is 3.40. The molecule has 0 radical (unpaired) electrons. The molecular weight excluding hydrogens is 366 g/mol. The average Bonchev–Trinajstić information content (AvgIpc) is 3.25. The number of furan rings is 1. The molecule has 0 aliphatic heterocycles. The zero-order valence-electron chi connectivity index (χ0n) is 14.5. The van der Waals surface area contributed by atoms with Crippen molar-refractivity contribution in [1.29, 1.82) is 5.26 Å². The SMILES string of the molecule is CC1CCc2c(sc3nc(SCCC#N)n(Cc4ccco4)c(=O)c23)C1. The van der Waals surface area contributed by atoms with Crippen LogP contribution in [0.3, 0.4) is 0 Å². The third-order valence-electron chi connectivity index (χ3n) is 4.72. The van der Waals surface area contributed by atoms with E-state index in [0.717, 1.165) is 35.2 Å². The Morgan fingerprint density at radius 1 is 1.54 bits per heavy atom. The van der Waals surface area contributed by atoms with Crippen LogP contribution in [0, 0.1) is 17.2 Å². The molecule has 3 aromatic heterocycles. The molecule has 3 aromatic rings. The lowest BCUT2D eigenvalue weighted by Gasteiger charge is -2.17. The van der Waals surface area contributed by atoms with Crippen LogP contribution < -0.4 is 5.56 Å². The van der Waals surface area contributed by atoms with Crippen molar-refractivity contribution >= 4 is 33.3 Å². The molecule has 0 amide bonds. The van der Waals surface area contributed by atoms with E-state index in [4.69, 9.17) is 14.7 Å². The van der Waals surface area contributed by atoms with Crippen molar-refractivity contribution in [1.82, 2.24) is 9.55 Å². The predicted molar refractivity (Wildman–Crippen MR) is 104 cm³/mol. The second-order valence-electron chi connectivity index (χ2n) is 6.65. The molecule has 0 aromatic carbocycles. The van der Waals surface area contributed by atoms with Crippen LogP contribution in [0.25, 0.3) is 10.2 Å². The summed E-state index contributed by atoms with van der Waals surface area (Å²) in [5, 5.41) is 10.3. The predicted octanol–water partition coefficient (Wildman–Crippen LogP) is 4.23. The Morgan fingerprint density at radius 3 is 3.19 bits per heavy atom. The normalized spacial score (nSPS) is 16.5. The van der Waals surface area contributed by atoms with Gasteiger partial charge in [-0.15, -0.1) is 11.3 Å². The molecule has 1 aliphatic carbocycles. The molecule has 0 N–H and O–H groups in total. The lowest BCUT2D eigenvalue weighted by atomic mass is 9.89. The fraction of sp³-hybridized carbons (Fsp3) is 0.421. The minimum atomic E-state index is 0.0120. The summed E-state index contributed by atoms with van der Waals surface area (Å²) in [6.07, 6.45) is 5.15. The van der Waals surface area contributed by atoms with Crippen molar-refractivity contribution in [2.75, 3.05) is 5.75 Å². The van der Waals surface area contributed by atoms with Crippen LogP contribution in [0.15, 0.2) is 32.8 Å². The van der Waals surface area contributed by atoms with Crippen molar-refractivity contribution in [3.05, 3.63) is 45.0 Å². The Hall–Kier alpha value is -2.04. The minimum absolute atomic E-state index is 0.0120. The highest BCUT2D eigenvalue weighted by atomic mass is 32.2. The van der Waals surface area contributed by atoms with Gasteiger partial charge in [0.25, 0.3) is 5.56 Å². The van der Waals surface area contributed by atoms with E-state index in [2.05, 4.69) is 13.0 Å². The highest BCUT2D eigenvalue weighted by molar-refractivity contribution is 7.99. The van der Waals surface area contributed by atoms with Crippen LogP contribution in [-0.2, 0) is 19.4 Å². The van der Waals surface area contributed by atoms with Crippen molar-refractivity contribution in [2.45, 2.75) is 44.3 Å². The molecule has 0 spiro atoms. The molecule has 0 saturated carbocycles. The third-order valence-corrected chi connectivity index (χ3v) is 6.85. The molecule has 0 saturated heterocycles. The number of nitrogens with zero attached hydrogens (tertiary/aromatic N) is 3. The van der Waals surface area contributed by atoms with E-state index in [9.17, 15) is 4.79 Å². The third kappa shape index (κ3) is 3.19. The molecule has 7 heteroatoms. The quantitative estimate of drug-likeness (QED) is 0.373. The molecule has 0 bridgehead atoms. The van der Waals surface area contributed by atoms with E-state index in [1.165, 1.54) is 22.2 Å². The average molecular weight is 386 g/mol. The Morgan fingerprint density at radius 2 is 2.42 bits per heavy atom. The van der Waals surface area contributed by atoms with Crippen LogP contribution in [0.2, 0.25) is 0 Å². The number of rotatable bonds is 5. The molecule has 3 heterocycles. The van der Waals surface area contributed by atoms with E-state index in [-0.39, 0.29) is 5.56 Å². The molecule has 134 valence electrons. The summed E-state index contributed by atoms with van der Waals surface area (Å²) in [7, 11) is 0. The first kappa shape index (κ1) is 17.4. The fourth-order valence-corrected chi connectivity index (χ4v) is 5.67. The van der Waals surface area contributed by atoms with Gasteiger partial charge in [-0.2, -0.15) is 5.26 Å². The van der Waals surface area contributed by atoms with Gasteiger partial charge in [-0.1, -0.05) is 18.7 Å². The van der Waals surface area contributed by atoms with E-state index in [0.29, 0.717) is 29.8 Å². The molecule has 4 rings (SSSR count). The Bertz CT molecular complexity index is 1030. The largest absolute Gasteiger partial charge is 0.467 e. The Kier molecular flexibility index (Phi) is 4.88. The molecular formula is C19H19N3O2S2. The summed E-state index contributed by atoms with van der Waals surface area (Å²) in [6, 6.07) is 5.84. The van der Waals surface area contributed by atoms with Crippen LogP contribution >= 0.6 is 23.1 Å². The summed E-state index contributed by atoms with van der Waals surface area (Å²) >= 11 is 3.12. The highest BCUT2D eigenvalue weighted by Gasteiger charge is 2.25. The lowest BCUT2D eigenvalue weighted by Crippen LogP contribution is -2.24. The van der Waals surface area contributed by atoms with E-state index >= 15 is 0 Å². The van der Waals surface area contributed by atoms with E-state index in [1.54, 1.807) is 22.2 Å². The second-order valence-corrected chi connectivity index (χ2v) is 8.80. The van der Waals surface area contributed by atoms with E-state index in [1.807, 2.05) is 12.1 Å². The molecule has 1 aliphatic rings. The van der Waals surface area contributed by atoms with Crippen molar-refractivity contribution in [3.63, 3.8) is 0 Å². The standard InChI is InChI=1S/C19H19N3O2S2/c1-12-5-6-14-15(10-12)26-17-16(14)18(23)22(11-13-4-2-8-24-13)19(21-17)25-9-3-7-20/h2,4,8,12H,3,5-6,9-11H2,1H3. The van der Waals surface area contributed by atoms with Gasteiger partial charge in [0.1, 0.15) is 10.6 Å². The number of nitriles is 1. The molecule has 26 heavy (non-hydrogen) atoms. The molecule has 5 nitrogen and oxygen atoms in total. The van der Waals surface area contributed by atoms with Gasteiger partial charge in [0.15, 0.2) is 5.16 Å². The minimum Gasteiger partial charge on any atom is -0.467 e. The van der Waals surface area contributed by atoms with Crippen LogP contribution in [-0.4, -0.2) is 15.3 Å². The first-order valence-electron chi connectivity index (χ1n) is 8.74. The Labute approximate surface area is 159 Å². The number of fused-ring (bicyclic) bond motifs is 3. The summed E-state index contributed by atoms with van der Waals surface area (Å²) < 4.78 is 7.15. The first-order chi connectivity index (χ1) is 12.7. The summed E-state index contributed by atoms with van der Waals surface area (Å²) in [4.78, 5) is 20.3. The maximum absolute atomic E-state index is 13.3. The first-order valence-corrected chi connectivity index (χ1v) is 10.5. The number of aromatic nitrogens is 2. The smallest absolute Gasteiger partial charge is 0.263 e. The van der Waals surface area contributed by atoms with Crippen LogP contribution in [0.4, 0.5) is 0 Å². The zero-order valence-corrected chi connectivity index (χ0v) is 16.2. The maximum Gasteiger partial charge on any atom is 0.263 e. The topological polar surface area (TPSA) is 71.8 Å². The monoisotopic (exact) mass is 385 g/mol. The lowest BCUT2D eigenvalue weighted by molar-refractivity contribution is 0.476. The number of hydrogen-bond donors (Lipinski definition) is 0. The van der Waals surface area contributed by atoms with Gasteiger partial charge < -0.3 is 4.42 Å². The summed E-state index contributed by atoms with van der Waals surface area (Å²) in [5.74, 6) is 2.01. The van der Waals surface area contributed by atoms with Gasteiger partial charge in [0.05, 0.1) is 24.3 Å². The van der Waals surface area contributed by atoms with Crippen molar-refractivity contribution in [2.24, 2.45) is 5.92 Å². The van der Waals surface area contributed by atoms with Crippen molar-refractivity contribution < 1.29 is 4.42 Å². The maximum atomic E-state index is 13.3. The van der Waals surface area contributed by atoms with Gasteiger partial charge in [-0.25, -0.2) is 4.98 Å². The zero-order chi connectivity index (χ0) is 18.1. The van der Waals surface area contributed by atoms with E-state index < -0.39 is 0 Å². The molecule has 1 unspecified atom stereocenters. The van der Waals surface area contributed by atoms with Gasteiger partial charge >= 0.3 is 0 Å². The molecule has 0 fully saturated rings. The number of thiophene rings is 1. The van der Waals surface area contributed by atoms with Crippen LogP contribution in [0.1, 0.15) is 36.0 Å².